The Hall–Kier alpha value is -3.09. The molecule has 0 radical (unpaired) electrons. The van der Waals surface area contributed by atoms with Crippen LogP contribution in [0.2, 0.25) is 0 Å². The molecule has 0 N–H and O–H groups in total. The molecule has 174 valence electrons. The zero-order valence-corrected chi connectivity index (χ0v) is 20.0. The third-order valence-corrected chi connectivity index (χ3v) is 7.12. The summed E-state index contributed by atoms with van der Waals surface area (Å²) in [5.41, 5.74) is 3.41. The maximum Gasteiger partial charge on any atom is 0.259 e. The van der Waals surface area contributed by atoms with E-state index in [0.717, 1.165) is 43.7 Å². The van der Waals surface area contributed by atoms with Gasteiger partial charge in [-0.25, -0.2) is 4.98 Å². The normalized spacial score (nSPS) is 19.4. The second-order valence-corrected chi connectivity index (χ2v) is 9.77. The lowest BCUT2D eigenvalue weighted by atomic mass is 9.88. The molecule has 7 nitrogen and oxygen atoms in total. The lowest BCUT2D eigenvalue weighted by Gasteiger charge is -2.47. The number of likely N-dealkylation sites (tertiary alicyclic amines) is 1. The van der Waals surface area contributed by atoms with Crippen molar-refractivity contribution in [3.05, 3.63) is 59.4 Å². The average Bonchev–Trinajstić information content (AvgIpc) is 3.53. The minimum atomic E-state index is -0.278. The lowest BCUT2D eigenvalue weighted by molar-refractivity contribution is 0.0779. The fourth-order valence-corrected chi connectivity index (χ4v) is 5.46. The van der Waals surface area contributed by atoms with E-state index in [1.165, 1.54) is 5.69 Å². The molecule has 0 aliphatic carbocycles. The highest BCUT2D eigenvalue weighted by Crippen LogP contribution is 2.47. The zero-order valence-electron chi connectivity index (χ0n) is 20.0. The second kappa shape index (κ2) is 8.36. The van der Waals surface area contributed by atoms with Gasteiger partial charge >= 0.3 is 0 Å². The number of fused-ring (bicyclic) bond motifs is 4. The number of hydrogen-bond donors (Lipinski definition) is 0. The lowest BCUT2D eigenvalue weighted by Crippen LogP contribution is -2.53. The Kier molecular flexibility index (Phi) is 5.51. The maximum absolute atomic E-state index is 13.7. The van der Waals surface area contributed by atoms with Gasteiger partial charge in [-0.3, -0.25) is 4.79 Å². The highest BCUT2D eigenvalue weighted by atomic mass is 16.5. The van der Waals surface area contributed by atoms with Crippen LogP contribution in [0.3, 0.4) is 0 Å². The molecule has 3 aromatic rings. The van der Waals surface area contributed by atoms with E-state index in [1.807, 2.05) is 24.1 Å². The summed E-state index contributed by atoms with van der Waals surface area (Å²) >= 11 is 0. The van der Waals surface area contributed by atoms with Crippen LogP contribution in [0.25, 0.3) is 5.82 Å². The molecule has 7 heteroatoms. The first kappa shape index (κ1) is 21.7. The number of aromatic nitrogens is 3. The Bertz CT molecular complexity index is 1160. The molecule has 1 spiro atoms. The number of carbonyl (C=O) groups is 1. The molecule has 1 amide bonds. The summed E-state index contributed by atoms with van der Waals surface area (Å²) in [6.45, 7) is 10.7. The van der Waals surface area contributed by atoms with Gasteiger partial charge in [0.15, 0.2) is 5.82 Å². The van der Waals surface area contributed by atoms with Crippen LogP contribution in [0.4, 0.5) is 5.69 Å². The molecule has 0 bridgehead atoms. The number of pyridine rings is 1. The third kappa shape index (κ3) is 3.45. The largest absolute Gasteiger partial charge is 0.360 e. The van der Waals surface area contributed by atoms with E-state index >= 15 is 0 Å². The summed E-state index contributed by atoms with van der Waals surface area (Å²) in [6, 6.07) is 8.47. The molecule has 1 fully saturated rings. The topological polar surface area (TPSA) is 67.4 Å². The smallest absolute Gasteiger partial charge is 0.259 e. The average molecular weight is 448 g/mol. The summed E-state index contributed by atoms with van der Waals surface area (Å²) in [7, 11) is 0. The van der Waals surface area contributed by atoms with E-state index in [0.29, 0.717) is 36.0 Å². The van der Waals surface area contributed by atoms with Crippen molar-refractivity contribution in [1.82, 2.24) is 19.6 Å². The summed E-state index contributed by atoms with van der Waals surface area (Å²) in [4.78, 5) is 22.9. The molecule has 3 aromatic heterocycles. The van der Waals surface area contributed by atoms with Gasteiger partial charge < -0.3 is 18.9 Å². The molecule has 0 saturated carbocycles. The Morgan fingerprint density at radius 2 is 2.12 bits per heavy atom. The van der Waals surface area contributed by atoms with Crippen molar-refractivity contribution in [1.29, 1.82) is 0 Å². The quantitative estimate of drug-likeness (QED) is 0.547. The molecule has 5 heterocycles. The maximum atomic E-state index is 13.7. The van der Waals surface area contributed by atoms with Crippen molar-refractivity contribution >= 4 is 11.6 Å². The SMILES string of the molecule is CCCc1onc(C)c1C(=O)N1CC[C@]2(C1)c1cccn1-c1ncccc1N2CCC(C)C. The van der Waals surface area contributed by atoms with Gasteiger partial charge in [0.25, 0.3) is 5.91 Å². The molecule has 0 aromatic carbocycles. The zero-order chi connectivity index (χ0) is 23.2. The Labute approximate surface area is 195 Å². The van der Waals surface area contributed by atoms with Crippen molar-refractivity contribution in [3.63, 3.8) is 0 Å². The first-order chi connectivity index (χ1) is 16.0. The summed E-state index contributed by atoms with van der Waals surface area (Å²) in [5.74, 6) is 2.30. The van der Waals surface area contributed by atoms with Crippen LogP contribution in [-0.4, -0.2) is 45.1 Å². The van der Waals surface area contributed by atoms with Crippen molar-refractivity contribution in [2.45, 2.75) is 58.9 Å². The van der Waals surface area contributed by atoms with Crippen molar-refractivity contribution in [3.8, 4) is 5.82 Å². The van der Waals surface area contributed by atoms with Gasteiger partial charge in [-0.1, -0.05) is 25.9 Å². The van der Waals surface area contributed by atoms with E-state index in [-0.39, 0.29) is 11.4 Å². The minimum absolute atomic E-state index is 0.0352. The fraction of sp³-hybridized carbons (Fsp3) is 0.500. The van der Waals surface area contributed by atoms with E-state index < -0.39 is 0 Å². The summed E-state index contributed by atoms with van der Waals surface area (Å²) in [5, 5.41) is 4.11. The van der Waals surface area contributed by atoms with Crippen LogP contribution in [0.1, 0.15) is 67.5 Å². The Balaban J connectivity index is 1.54. The molecule has 33 heavy (non-hydrogen) atoms. The molecule has 1 saturated heterocycles. The first-order valence-electron chi connectivity index (χ1n) is 12.1. The Morgan fingerprint density at radius 3 is 2.91 bits per heavy atom. The number of aryl methyl sites for hydroxylation is 2. The summed E-state index contributed by atoms with van der Waals surface area (Å²) in [6.07, 6.45) is 7.55. The van der Waals surface area contributed by atoms with E-state index in [1.54, 1.807) is 0 Å². The summed E-state index contributed by atoms with van der Waals surface area (Å²) < 4.78 is 7.72. The predicted octanol–water partition coefficient (Wildman–Crippen LogP) is 4.73. The van der Waals surface area contributed by atoms with Crippen LogP contribution in [0.15, 0.2) is 41.2 Å². The van der Waals surface area contributed by atoms with Crippen LogP contribution >= 0.6 is 0 Å². The van der Waals surface area contributed by atoms with Gasteiger partial charge in [0.05, 0.1) is 17.1 Å². The number of carbonyl (C=O) groups excluding carboxylic acids is 1. The number of nitrogens with zero attached hydrogens (tertiary/aromatic N) is 5. The number of hydrogen-bond acceptors (Lipinski definition) is 5. The standard InChI is InChI=1S/C26H33N5O2/c1-5-8-21-23(19(4)28-33-21)25(32)29-16-12-26(17-29)22-10-7-14-30(22)24-20(9-6-13-27-24)31(26)15-11-18(2)3/h6-7,9-10,13-14,18H,5,8,11-12,15-17H2,1-4H3/t26-/m0/s1. The van der Waals surface area contributed by atoms with E-state index in [2.05, 4.69) is 59.8 Å². The van der Waals surface area contributed by atoms with Crippen LogP contribution < -0.4 is 4.90 Å². The van der Waals surface area contributed by atoms with E-state index in [9.17, 15) is 4.79 Å². The number of rotatable bonds is 6. The van der Waals surface area contributed by atoms with Crippen LogP contribution in [-0.2, 0) is 12.0 Å². The molecule has 5 rings (SSSR count). The predicted molar refractivity (Wildman–Crippen MR) is 128 cm³/mol. The fourth-order valence-electron chi connectivity index (χ4n) is 5.46. The third-order valence-electron chi connectivity index (χ3n) is 7.12. The molecule has 2 aliphatic rings. The highest BCUT2D eigenvalue weighted by molar-refractivity contribution is 5.96. The van der Waals surface area contributed by atoms with Gasteiger partial charge in [-0.05, 0) is 56.4 Å². The molecule has 2 aliphatic heterocycles. The van der Waals surface area contributed by atoms with Crippen LogP contribution in [0, 0.1) is 12.8 Å². The van der Waals surface area contributed by atoms with Crippen molar-refractivity contribution in [2.75, 3.05) is 24.5 Å². The number of amides is 1. The van der Waals surface area contributed by atoms with Crippen molar-refractivity contribution in [2.24, 2.45) is 5.92 Å². The number of anilines is 1. The second-order valence-electron chi connectivity index (χ2n) is 9.77. The van der Waals surface area contributed by atoms with Gasteiger partial charge in [-0.15, -0.1) is 0 Å². The molecular formula is C26H33N5O2. The van der Waals surface area contributed by atoms with Gasteiger partial charge in [-0.2, -0.15) is 0 Å². The van der Waals surface area contributed by atoms with E-state index in [4.69, 9.17) is 9.51 Å². The Morgan fingerprint density at radius 1 is 1.27 bits per heavy atom. The van der Waals surface area contributed by atoms with Crippen LogP contribution in [0.5, 0.6) is 0 Å². The first-order valence-corrected chi connectivity index (χ1v) is 12.1. The minimum Gasteiger partial charge on any atom is -0.360 e. The van der Waals surface area contributed by atoms with Gasteiger partial charge in [0, 0.05) is 38.4 Å². The monoisotopic (exact) mass is 447 g/mol. The molecule has 1 atom stereocenters. The van der Waals surface area contributed by atoms with Gasteiger partial charge in [0.1, 0.15) is 16.9 Å². The van der Waals surface area contributed by atoms with Gasteiger partial charge in [0.2, 0.25) is 0 Å². The highest BCUT2D eigenvalue weighted by Gasteiger charge is 2.51. The van der Waals surface area contributed by atoms with Crippen molar-refractivity contribution < 1.29 is 9.32 Å². The molecule has 0 unspecified atom stereocenters. The molecular weight excluding hydrogens is 414 g/mol.